The SMILES string of the molecule is NCC(F)(F)F.O=C(Cc1ccc(F)cc1)N1CCN(CCCCC2(C(=O)O)c3ccccc3-c3ccccc32)CC1. The van der Waals surface area contributed by atoms with E-state index in [2.05, 4.69) is 10.6 Å². The standard InChI is InChI=1S/C30H31FN2O3.C2H4F3N/c31-23-13-11-22(12-14-23)21-28(34)33-19-17-32(18-20-33)16-6-5-15-30(29(35)36)26-9-3-1-7-24(26)25-8-2-4-10-27(25)30;3-2(4,5)1-6/h1-4,7-14H,5-6,15-21H2,(H,35,36);1,6H2. The van der Waals surface area contributed by atoms with Crippen LogP contribution in [0.25, 0.3) is 11.1 Å². The van der Waals surface area contributed by atoms with Gasteiger partial charge in [-0.05, 0) is 59.3 Å². The lowest BCUT2D eigenvalue weighted by molar-refractivity contribution is -0.142. The van der Waals surface area contributed by atoms with Crippen LogP contribution in [0, 0.1) is 5.82 Å². The Labute approximate surface area is 242 Å². The molecule has 0 unspecified atom stereocenters. The molecule has 0 aromatic heterocycles. The molecule has 224 valence electrons. The van der Waals surface area contributed by atoms with Gasteiger partial charge >= 0.3 is 12.1 Å². The molecule has 42 heavy (non-hydrogen) atoms. The van der Waals surface area contributed by atoms with Gasteiger partial charge in [0.05, 0.1) is 13.0 Å². The first-order chi connectivity index (χ1) is 20.0. The summed E-state index contributed by atoms with van der Waals surface area (Å²) in [6, 6.07) is 21.9. The summed E-state index contributed by atoms with van der Waals surface area (Å²) in [6.07, 6.45) is -1.62. The van der Waals surface area contributed by atoms with Crippen LogP contribution in [0.1, 0.15) is 36.0 Å². The van der Waals surface area contributed by atoms with Crippen molar-refractivity contribution < 1.29 is 32.3 Å². The number of carbonyl (C=O) groups excluding carboxylic acids is 1. The summed E-state index contributed by atoms with van der Waals surface area (Å²) >= 11 is 0. The molecule has 1 fully saturated rings. The second-order valence-corrected chi connectivity index (χ2v) is 10.6. The Kier molecular flexibility index (Phi) is 10.0. The van der Waals surface area contributed by atoms with E-state index in [0.29, 0.717) is 25.9 Å². The zero-order valence-electron chi connectivity index (χ0n) is 23.2. The van der Waals surface area contributed by atoms with Gasteiger partial charge in [-0.25, -0.2) is 4.39 Å². The van der Waals surface area contributed by atoms with Gasteiger partial charge in [0.2, 0.25) is 5.91 Å². The first-order valence-electron chi connectivity index (χ1n) is 14.0. The molecule has 10 heteroatoms. The summed E-state index contributed by atoms with van der Waals surface area (Å²) in [5.41, 5.74) is 7.85. The molecule has 5 rings (SSSR count). The van der Waals surface area contributed by atoms with Crippen LogP contribution in [0.5, 0.6) is 0 Å². The summed E-state index contributed by atoms with van der Waals surface area (Å²) < 4.78 is 45.1. The van der Waals surface area contributed by atoms with Crippen molar-refractivity contribution in [1.29, 1.82) is 0 Å². The first-order valence-corrected chi connectivity index (χ1v) is 14.0. The van der Waals surface area contributed by atoms with Crippen molar-refractivity contribution in [2.24, 2.45) is 5.73 Å². The maximum atomic E-state index is 13.1. The number of nitrogens with zero attached hydrogens (tertiary/aromatic N) is 2. The van der Waals surface area contributed by atoms with Gasteiger partial charge < -0.3 is 15.7 Å². The van der Waals surface area contributed by atoms with Crippen molar-refractivity contribution in [2.75, 3.05) is 39.3 Å². The van der Waals surface area contributed by atoms with E-state index in [1.165, 1.54) is 12.1 Å². The monoisotopic (exact) mass is 585 g/mol. The quantitative estimate of drug-likeness (QED) is 0.279. The maximum absolute atomic E-state index is 13.1. The number of benzene rings is 3. The van der Waals surface area contributed by atoms with Gasteiger partial charge in [-0.2, -0.15) is 13.2 Å². The second kappa shape index (κ2) is 13.5. The van der Waals surface area contributed by atoms with Crippen LogP contribution >= 0.6 is 0 Å². The normalized spacial score (nSPS) is 15.8. The predicted molar refractivity (Wildman–Crippen MR) is 152 cm³/mol. The molecule has 1 aliphatic carbocycles. The average molecular weight is 586 g/mol. The summed E-state index contributed by atoms with van der Waals surface area (Å²) in [6.45, 7) is 2.64. The van der Waals surface area contributed by atoms with Gasteiger partial charge in [0.15, 0.2) is 0 Å². The highest BCUT2D eigenvalue weighted by Gasteiger charge is 2.48. The third-order valence-corrected chi connectivity index (χ3v) is 7.93. The van der Waals surface area contributed by atoms with E-state index in [1.54, 1.807) is 12.1 Å². The molecule has 0 spiro atoms. The smallest absolute Gasteiger partial charge is 0.400 e. The Morgan fingerprint density at radius 3 is 1.86 bits per heavy atom. The number of carboxylic acids is 1. The van der Waals surface area contributed by atoms with E-state index in [9.17, 15) is 32.3 Å². The van der Waals surface area contributed by atoms with Crippen LogP contribution in [0.4, 0.5) is 17.6 Å². The van der Waals surface area contributed by atoms with Crippen LogP contribution in [-0.4, -0.2) is 72.2 Å². The fourth-order valence-electron chi connectivity index (χ4n) is 5.77. The minimum absolute atomic E-state index is 0.0724. The van der Waals surface area contributed by atoms with Crippen LogP contribution in [-0.2, 0) is 21.4 Å². The summed E-state index contributed by atoms with van der Waals surface area (Å²) in [7, 11) is 0. The molecule has 3 aromatic carbocycles. The van der Waals surface area contributed by atoms with Crippen molar-refractivity contribution in [1.82, 2.24) is 9.80 Å². The van der Waals surface area contributed by atoms with E-state index < -0.39 is 24.1 Å². The zero-order chi connectivity index (χ0) is 30.3. The Hall–Kier alpha value is -3.76. The number of amides is 1. The molecule has 1 aliphatic heterocycles. The highest BCUT2D eigenvalue weighted by atomic mass is 19.4. The molecule has 2 aliphatic rings. The number of carboxylic acid groups (broad SMARTS) is 1. The zero-order valence-corrected chi connectivity index (χ0v) is 23.2. The van der Waals surface area contributed by atoms with Crippen LogP contribution in [0.15, 0.2) is 72.8 Å². The number of nitrogens with two attached hydrogens (primary N) is 1. The third kappa shape index (κ3) is 7.17. The van der Waals surface area contributed by atoms with E-state index in [1.807, 2.05) is 53.4 Å². The predicted octanol–water partition coefficient (Wildman–Crippen LogP) is 5.24. The van der Waals surface area contributed by atoms with Crippen molar-refractivity contribution in [2.45, 2.75) is 37.3 Å². The Morgan fingerprint density at radius 2 is 1.36 bits per heavy atom. The molecule has 0 atom stereocenters. The minimum atomic E-state index is -4.18. The van der Waals surface area contributed by atoms with E-state index >= 15 is 0 Å². The van der Waals surface area contributed by atoms with Gasteiger partial charge in [-0.1, -0.05) is 67.1 Å². The van der Waals surface area contributed by atoms with E-state index in [-0.39, 0.29) is 11.7 Å². The topological polar surface area (TPSA) is 86.9 Å². The summed E-state index contributed by atoms with van der Waals surface area (Å²) in [4.78, 5) is 29.6. The van der Waals surface area contributed by atoms with Gasteiger partial charge in [-0.15, -0.1) is 0 Å². The lowest BCUT2D eigenvalue weighted by atomic mass is 9.74. The molecule has 1 saturated heterocycles. The van der Waals surface area contributed by atoms with Gasteiger partial charge in [0, 0.05) is 26.2 Å². The number of unbranched alkanes of at least 4 members (excludes halogenated alkanes) is 1. The number of hydrogen-bond donors (Lipinski definition) is 2. The number of alkyl halides is 3. The molecule has 6 nitrogen and oxygen atoms in total. The average Bonchev–Trinajstić information content (AvgIpc) is 3.28. The molecule has 0 radical (unpaired) electrons. The molecule has 3 N–H and O–H groups in total. The first kappa shape index (κ1) is 31.2. The molecular weight excluding hydrogens is 550 g/mol. The number of fused-ring (bicyclic) bond motifs is 3. The molecular formula is C32H35F4N3O3. The minimum Gasteiger partial charge on any atom is -0.480 e. The van der Waals surface area contributed by atoms with E-state index in [0.717, 1.165) is 60.3 Å². The Morgan fingerprint density at radius 1 is 0.833 bits per heavy atom. The van der Waals surface area contributed by atoms with Crippen molar-refractivity contribution in [3.63, 3.8) is 0 Å². The molecule has 0 saturated carbocycles. The molecule has 1 heterocycles. The van der Waals surface area contributed by atoms with Crippen LogP contribution in [0.2, 0.25) is 0 Å². The fourth-order valence-corrected chi connectivity index (χ4v) is 5.77. The fraction of sp³-hybridized carbons (Fsp3) is 0.375. The number of halogens is 4. The van der Waals surface area contributed by atoms with Gasteiger partial charge in [0.1, 0.15) is 11.2 Å². The van der Waals surface area contributed by atoms with Crippen molar-refractivity contribution >= 4 is 11.9 Å². The molecule has 0 bridgehead atoms. The Bertz CT molecular complexity index is 1320. The number of rotatable bonds is 8. The van der Waals surface area contributed by atoms with Gasteiger partial charge in [0.25, 0.3) is 0 Å². The highest BCUT2D eigenvalue weighted by molar-refractivity contribution is 5.97. The van der Waals surface area contributed by atoms with Crippen molar-refractivity contribution in [3.05, 3.63) is 95.3 Å². The number of carbonyl (C=O) groups is 2. The number of piperazine rings is 1. The van der Waals surface area contributed by atoms with Crippen LogP contribution < -0.4 is 5.73 Å². The lowest BCUT2D eigenvalue weighted by Crippen LogP contribution is -2.49. The highest BCUT2D eigenvalue weighted by Crippen LogP contribution is 2.51. The summed E-state index contributed by atoms with van der Waals surface area (Å²) in [5.74, 6) is -1.01. The van der Waals surface area contributed by atoms with Crippen LogP contribution in [0.3, 0.4) is 0 Å². The summed E-state index contributed by atoms with van der Waals surface area (Å²) in [5, 5.41) is 10.4. The number of aliphatic carboxylic acids is 1. The number of hydrogen-bond acceptors (Lipinski definition) is 4. The Balaban J connectivity index is 0.000000612. The third-order valence-electron chi connectivity index (χ3n) is 7.93. The van der Waals surface area contributed by atoms with E-state index in [4.69, 9.17) is 0 Å². The maximum Gasteiger partial charge on any atom is 0.400 e. The lowest BCUT2D eigenvalue weighted by Gasteiger charge is -2.35. The molecule has 1 amide bonds. The molecule has 3 aromatic rings. The van der Waals surface area contributed by atoms with Gasteiger partial charge in [-0.3, -0.25) is 14.5 Å². The largest absolute Gasteiger partial charge is 0.480 e. The second-order valence-electron chi connectivity index (χ2n) is 10.6. The van der Waals surface area contributed by atoms with Crippen molar-refractivity contribution in [3.8, 4) is 11.1 Å².